The normalized spacial score (nSPS) is 36.0. The molecule has 2 fully saturated rings. The average molecular weight is 494 g/mol. The van der Waals surface area contributed by atoms with Crippen LogP contribution in [-0.2, 0) is 19.1 Å². The van der Waals surface area contributed by atoms with Crippen molar-refractivity contribution in [3.8, 4) is 0 Å². The molecule has 3 heterocycles. The standard InChI is InChI=1S/C26H39NO6S/c1-14-8-7-9-19-21(32-19)11-20(15(2)10-18-13-34-17(4)27-18)33-23(29)12-22(28)26(5,6)25(31)16(3)24(14)30/h10,13-14,16,19-22,24,28,30H,7-9,11-12H2,1-6H3/b15-10+/t14-,16-,19+,20-,21-,22+,24-/m0/s1. The number of hydrogen-bond donors (Lipinski definition) is 2. The van der Waals surface area contributed by atoms with Gasteiger partial charge in [0.05, 0.1) is 47.0 Å². The Hall–Kier alpha value is -1.61. The van der Waals surface area contributed by atoms with E-state index in [4.69, 9.17) is 9.47 Å². The van der Waals surface area contributed by atoms with Crippen molar-refractivity contribution in [2.75, 3.05) is 0 Å². The van der Waals surface area contributed by atoms with Gasteiger partial charge in [0.1, 0.15) is 11.9 Å². The Labute approximate surface area is 206 Å². The first-order chi connectivity index (χ1) is 15.9. The van der Waals surface area contributed by atoms with Crippen molar-refractivity contribution < 1.29 is 29.3 Å². The Kier molecular flexibility index (Phi) is 8.71. The summed E-state index contributed by atoms with van der Waals surface area (Å²) in [5, 5.41) is 24.5. The van der Waals surface area contributed by atoms with E-state index >= 15 is 0 Å². The number of carbonyl (C=O) groups is 2. The number of rotatable bonds is 2. The maximum absolute atomic E-state index is 13.2. The van der Waals surface area contributed by atoms with Crippen LogP contribution < -0.4 is 0 Å². The lowest BCUT2D eigenvalue weighted by Gasteiger charge is -2.34. The van der Waals surface area contributed by atoms with Gasteiger partial charge >= 0.3 is 5.97 Å². The Balaban J connectivity index is 1.81. The van der Waals surface area contributed by atoms with Gasteiger partial charge in [0.15, 0.2) is 0 Å². The van der Waals surface area contributed by atoms with Gasteiger partial charge in [-0.3, -0.25) is 9.59 Å². The molecule has 0 saturated carbocycles. The molecule has 2 N–H and O–H groups in total. The van der Waals surface area contributed by atoms with Gasteiger partial charge in [0, 0.05) is 17.7 Å². The Bertz CT molecular complexity index is 909. The SMILES string of the molecule is C/C(=C\c1csc(C)n1)[C@@H]1C[C@@H]2O[C@@H]2CCC[C@H](C)[C@H](O)[C@H](C)C(=O)C(C)(C)[C@H](O)CC(=O)O1. The van der Waals surface area contributed by atoms with Crippen molar-refractivity contribution >= 4 is 29.2 Å². The highest BCUT2D eigenvalue weighted by Crippen LogP contribution is 2.36. The lowest BCUT2D eigenvalue weighted by molar-refractivity contribution is -0.154. The van der Waals surface area contributed by atoms with Crippen molar-refractivity contribution in [3.05, 3.63) is 21.7 Å². The molecule has 2 aliphatic heterocycles. The molecule has 3 rings (SSSR count). The van der Waals surface area contributed by atoms with E-state index in [1.165, 1.54) is 0 Å². The van der Waals surface area contributed by atoms with Crippen LogP contribution in [0.4, 0.5) is 0 Å². The van der Waals surface area contributed by atoms with Crippen LogP contribution in [0, 0.1) is 24.2 Å². The van der Waals surface area contributed by atoms with Crippen LogP contribution >= 0.6 is 11.3 Å². The van der Waals surface area contributed by atoms with Gasteiger partial charge < -0.3 is 19.7 Å². The third-order valence-corrected chi connectivity index (χ3v) is 8.20. The quantitative estimate of drug-likeness (QED) is 0.472. The number of aliphatic hydroxyl groups excluding tert-OH is 2. The summed E-state index contributed by atoms with van der Waals surface area (Å²) in [4.78, 5) is 30.5. The lowest BCUT2D eigenvalue weighted by Crippen LogP contribution is -2.45. The number of ether oxygens (including phenoxy) is 2. The fraction of sp³-hybridized carbons (Fsp3) is 0.731. The van der Waals surface area contributed by atoms with E-state index in [1.807, 2.05) is 32.2 Å². The zero-order chi connectivity index (χ0) is 25.2. The zero-order valence-corrected chi connectivity index (χ0v) is 21.9. The van der Waals surface area contributed by atoms with Crippen molar-refractivity contribution in [2.45, 2.75) is 104 Å². The summed E-state index contributed by atoms with van der Waals surface area (Å²) < 4.78 is 11.7. The molecule has 1 aromatic rings. The Morgan fingerprint density at radius 1 is 1.21 bits per heavy atom. The molecule has 0 spiro atoms. The van der Waals surface area contributed by atoms with Gasteiger partial charge in [-0.15, -0.1) is 11.3 Å². The molecule has 190 valence electrons. The lowest BCUT2D eigenvalue weighted by atomic mass is 9.73. The predicted octanol–water partition coefficient (Wildman–Crippen LogP) is 4.09. The molecular weight excluding hydrogens is 454 g/mol. The number of esters is 1. The van der Waals surface area contributed by atoms with E-state index in [9.17, 15) is 19.8 Å². The van der Waals surface area contributed by atoms with Gasteiger partial charge in [0.25, 0.3) is 0 Å². The molecule has 0 aromatic carbocycles. The summed E-state index contributed by atoms with van der Waals surface area (Å²) in [7, 11) is 0. The summed E-state index contributed by atoms with van der Waals surface area (Å²) in [6.07, 6.45) is 2.28. The number of nitrogens with zero attached hydrogens (tertiary/aromatic N) is 1. The first-order valence-corrected chi connectivity index (χ1v) is 13.1. The summed E-state index contributed by atoms with van der Waals surface area (Å²) in [6.45, 7) is 10.8. The van der Waals surface area contributed by atoms with Crippen molar-refractivity contribution in [2.24, 2.45) is 17.3 Å². The molecular formula is C26H39NO6S. The van der Waals surface area contributed by atoms with E-state index in [0.29, 0.717) is 6.42 Å². The monoisotopic (exact) mass is 493 g/mol. The minimum absolute atomic E-state index is 0.00770. The van der Waals surface area contributed by atoms with Crippen LogP contribution in [0.25, 0.3) is 6.08 Å². The topological polar surface area (TPSA) is 109 Å². The summed E-state index contributed by atoms with van der Waals surface area (Å²) in [5.74, 6) is -1.52. The number of epoxide rings is 1. The number of carbonyl (C=O) groups excluding carboxylic acids is 2. The Morgan fingerprint density at radius 3 is 2.56 bits per heavy atom. The summed E-state index contributed by atoms with van der Waals surface area (Å²) in [5.41, 5.74) is 0.494. The number of aliphatic hydroxyl groups is 2. The second-order valence-electron chi connectivity index (χ2n) is 10.6. The molecule has 1 aromatic heterocycles. The molecule has 34 heavy (non-hydrogen) atoms. The maximum atomic E-state index is 13.2. The van der Waals surface area contributed by atoms with E-state index in [-0.39, 0.29) is 30.3 Å². The van der Waals surface area contributed by atoms with E-state index in [2.05, 4.69) is 4.98 Å². The smallest absolute Gasteiger partial charge is 0.309 e. The molecule has 0 unspecified atom stereocenters. The predicted molar refractivity (Wildman–Crippen MR) is 131 cm³/mol. The van der Waals surface area contributed by atoms with E-state index in [0.717, 1.165) is 35.5 Å². The van der Waals surface area contributed by atoms with Crippen LogP contribution in [0.15, 0.2) is 11.0 Å². The molecule has 7 nitrogen and oxygen atoms in total. The van der Waals surface area contributed by atoms with Crippen LogP contribution in [0.2, 0.25) is 0 Å². The number of Topliss-reactive ketones (excluding diaryl/α,β-unsaturated/α-hetero) is 1. The maximum Gasteiger partial charge on any atom is 0.309 e. The molecule has 0 aliphatic carbocycles. The first-order valence-electron chi connectivity index (χ1n) is 12.3. The molecule has 2 aliphatic rings. The van der Waals surface area contributed by atoms with Gasteiger partial charge in [-0.05, 0) is 44.3 Å². The van der Waals surface area contributed by atoms with Gasteiger partial charge in [-0.1, -0.05) is 34.1 Å². The second-order valence-corrected chi connectivity index (χ2v) is 11.7. The van der Waals surface area contributed by atoms with Crippen LogP contribution in [0.1, 0.15) is 77.4 Å². The third-order valence-electron chi connectivity index (χ3n) is 7.41. The third kappa shape index (κ3) is 6.53. The minimum Gasteiger partial charge on any atom is -0.458 e. The highest BCUT2D eigenvalue weighted by atomic mass is 32.1. The molecule has 7 atom stereocenters. The number of aromatic nitrogens is 1. The molecule has 0 amide bonds. The molecule has 0 bridgehead atoms. The largest absolute Gasteiger partial charge is 0.458 e. The number of hydrogen-bond acceptors (Lipinski definition) is 8. The summed E-state index contributed by atoms with van der Waals surface area (Å²) in [6, 6.07) is 0. The minimum atomic E-state index is -1.22. The zero-order valence-electron chi connectivity index (χ0n) is 21.1. The summed E-state index contributed by atoms with van der Waals surface area (Å²) >= 11 is 1.56. The van der Waals surface area contributed by atoms with Crippen LogP contribution in [0.3, 0.4) is 0 Å². The van der Waals surface area contributed by atoms with Crippen molar-refractivity contribution in [3.63, 3.8) is 0 Å². The van der Waals surface area contributed by atoms with Crippen molar-refractivity contribution in [1.29, 1.82) is 0 Å². The number of ketones is 1. The van der Waals surface area contributed by atoms with E-state index < -0.39 is 35.6 Å². The van der Waals surface area contributed by atoms with Crippen molar-refractivity contribution in [1.82, 2.24) is 4.98 Å². The molecule has 8 heteroatoms. The first kappa shape index (κ1) is 27.0. The number of aryl methyl sites for hydroxylation is 1. The number of fused-ring (bicyclic) bond motifs is 1. The van der Waals surface area contributed by atoms with Crippen LogP contribution in [-0.4, -0.2) is 57.5 Å². The Morgan fingerprint density at radius 2 is 1.91 bits per heavy atom. The fourth-order valence-electron chi connectivity index (χ4n) is 4.78. The van der Waals surface area contributed by atoms with E-state index in [1.54, 1.807) is 32.1 Å². The number of cyclic esters (lactones) is 1. The second kappa shape index (κ2) is 11.0. The highest BCUT2D eigenvalue weighted by molar-refractivity contribution is 7.09. The average Bonchev–Trinajstić information content (AvgIpc) is 3.38. The fourth-order valence-corrected chi connectivity index (χ4v) is 5.35. The van der Waals surface area contributed by atoms with Gasteiger partial charge in [-0.2, -0.15) is 0 Å². The van der Waals surface area contributed by atoms with Gasteiger partial charge in [0.2, 0.25) is 0 Å². The van der Waals surface area contributed by atoms with Gasteiger partial charge in [-0.25, -0.2) is 4.98 Å². The van der Waals surface area contributed by atoms with Crippen LogP contribution in [0.5, 0.6) is 0 Å². The highest BCUT2D eigenvalue weighted by Gasteiger charge is 2.44. The molecule has 2 saturated heterocycles. The number of thiazole rings is 1. The molecule has 0 radical (unpaired) electrons.